The van der Waals surface area contributed by atoms with Crippen LogP contribution in [-0.2, 0) is 0 Å². The van der Waals surface area contributed by atoms with Crippen LogP contribution >= 0.6 is 0 Å². The molecule has 0 aliphatic rings. The van der Waals surface area contributed by atoms with Crippen molar-refractivity contribution in [3.05, 3.63) is 58.9 Å². The number of hydrogen-bond acceptors (Lipinski definition) is 2. The standard InChI is InChI=1S/C14H10F3NO2/c1-7-2-3-11(9(4-7)14(19)20)18-12-6-8(15)5-10(16)13(12)17/h2-6,18H,1H3,(H,19,20). The maximum absolute atomic E-state index is 13.5. The van der Waals surface area contributed by atoms with Gasteiger partial charge in [0.1, 0.15) is 5.82 Å². The Balaban J connectivity index is 2.48. The quantitative estimate of drug-likeness (QED) is 0.840. The van der Waals surface area contributed by atoms with Crippen LogP contribution in [0.1, 0.15) is 15.9 Å². The summed E-state index contributed by atoms with van der Waals surface area (Å²) in [7, 11) is 0. The average Bonchev–Trinajstić information content (AvgIpc) is 2.37. The number of hydrogen-bond donors (Lipinski definition) is 2. The molecule has 104 valence electrons. The van der Waals surface area contributed by atoms with Crippen molar-refractivity contribution >= 4 is 17.3 Å². The summed E-state index contributed by atoms with van der Waals surface area (Å²) in [6.07, 6.45) is 0. The Hall–Kier alpha value is -2.50. The van der Waals surface area contributed by atoms with Crippen LogP contribution in [0.15, 0.2) is 30.3 Å². The maximum Gasteiger partial charge on any atom is 0.337 e. The normalized spacial score (nSPS) is 10.4. The highest BCUT2D eigenvalue weighted by atomic mass is 19.2. The van der Waals surface area contributed by atoms with E-state index in [1.165, 1.54) is 12.1 Å². The maximum atomic E-state index is 13.5. The first kappa shape index (κ1) is 13.9. The lowest BCUT2D eigenvalue weighted by atomic mass is 10.1. The number of aromatic carboxylic acids is 1. The van der Waals surface area contributed by atoms with Crippen molar-refractivity contribution in [2.75, 3.05) is 5.32 Å². The van der Waals surface area contributed by atoms with Crippen molar-refractivity contribution in [3.8, 4) is 0 Å². The Bertz CT molecular complexity index is 686. The second-order valence-corrected chi connectivity index (χ2v) is 4.23. The zero-order chi connectivity index (χ0) is 14.9. The molecule has 0 saturated heterocycles. The summed E-state index contributed by atoms with van der Waals surface area (Å²) in [4.78, 5) is 11.1. The number of benzene rings is 2. The number of nitrogens with one attached hydrogen (secondary N) is 1. The van der Waals surface area contributed by atoms with E-state index < -0.39 is 29.1 Å². The predicted octanol–water partition coefficient (Wildman–Crippen LogP) is 3.85. The van der Waals surface area contributed by atoms with Crippen LogP contribution in [0, 0.1) is 24.4 Å². The molecule has 0 saturated carbocycles. The van der Waals surface area contributed by atoms with E-state index in [0.717, 1.165) is 6.07 Å². The van der Waals surface area contributed by atoms with E-state index in [-0.39, 0.29) is 11.3 Å². The van der Waals surface area contributed by atoms with Gasteiger partial charge in [0.05, 0.1) is 16.9 Å². The number of anilines is 2. The zero-order valence-corrected chi connectivity index (χ0v) is 10.4. The van der Waals surface area contributed by atoms with Gasteiger partial charge in [-0.3, -0.25) is 0 Å². The minimum absolute atomic E-state index is 0.0481. The number of carboxylic acid groups (broad SMARTS) is 1. The van der Waals surface area contributed by atoms with E-state index in [1.54, 1.807) is 13.0 Å². The van der Waals surface area contributed by atoms with E-state index in [1.807, 2.05) is 0 Å². The molecule has 2 aromatic carbocycles. The summed E-state index contributed by atoms with van der Waals surface area (Å²) >= 11 is 0. The third kappa shape index (κ3) is 2.74. The molecule has 0 heterocycles. The van der Waals surface area contributed by atoms with E-state index in [0.29, 0.717) is 11.6 Å². The summed E-state index contributed by atoms with van der Waals surface area (Å²) < 4.78 is 39.7. The van der Waals surface area contributed by atoms with Crippen LogP contribution in [0.3, 0.4) is 0 Å². The lowest BCUT2D eigenvalue weighted by Crippen LogP contribution is -2.05. The van der Waals surface area contributed by atoms with Crippen LogP contribution in [-0.4, -0.2) is 11.1 Å². The first-order valence-corrected chi connectivity index (χ1v) is 5.64. The van der Waals surface area contributed by atoms with Crippen LogP contribution in [0.2, 0.25) is 0 Å². The number of halogens is 3. The largest absolute Gasteiger partial charge is 0.478 e. The third-order valence-electron chi connectivity index (χ3n) is 2.67. The Morgan fingerprint density at radius 2 is 1.80 bits per heavy atom. The van der Waals surface area contributed by atoms with Crippen molar-refractivity contribution in [1.29, 1.82) is 0 Å². The van der Waals surface area contributed by atoms with Gasteiger partial charge in [-0.1, -0.05) is 11.6 Å². The molecule has 2 aromatic rings. The topological polar surface area (TPSA) is 49.3 Å². The van der Waals surface area contributed by atoms with Gasteiger partial charge in [0.25, 0.3) is 0 Å². The first-order valence-electron chi connectivity index (χ1n) is 5.64. The minimum Gasteiger partial charge on any atom is -0.478 e. The van der Waals surface area contributed by atoms with Gasteiger partial charge in [-0.25, -0.2) is 18.0 Å². The summed E-state index contributed by atoms with van der Waals surface area (Å²) in [6, 6.07) is 5.54. The van der Waals surface area contributed by atoms with Crippen LogP contribution in [0.4, 0.5) is 24.5 Å². The molecule has 3 nitrogen and oxygen atoms in total. The highest BCUT2D eigenvalue weighted by Crippen LogP contribution is 2.26. The summed E-state index contributed by atoms with van der Waals surface area (Å²) in [6.45, 7) is 1.69. The fourth-order valence-corrected chi connectivity index (χ4v) is 1.74. The first-order chi connectivity index (χ1) is 9.38. The number of carboxylic acids is 1. The predicted molar refractivity (Wildman–Crippen MR) is 67.7 cm³/mol. The molecule has 0 aromatic heterocycles. The lowest BCUT2D eigenvalue weighted by molar-refractivity contribution is 0.0698. The number of carbonyl (C=O) groups is 1. The molecule has 0 aliphatic carbocycles. The second-order valence-electron chi connectivity index (χ2n) is 4.23. The Morgan fingerprint density at radius 3 is 2.45 bits per heavy atom. The molecule has 0 fully saturated rings. The molecule has 6 heteroatoms. The van der Waals surface area contributed by atoms with E-state index >= 15 is 0 Å². The summed E-state index contributed by atoms with van der Waals surface area (Å²) in [5, 5.41) is 11.5. The van der Waals surface area contributed by atoms with Gasteiger partial charge in [-0.15, -0.1) is 0 Å². The minimum atomic E-state index is -1.35. The lowest BCUT2D eigenvalue weighted by Gasteiger charge is -2.11. The van der Waals surface area contributed by atoms with Crippen molar-refractivity contribution in [2.45, 2.75) is 6.92 Å². The van der Waals surface area contributed by atoms with Crippen LogP contribution in [0.25, 0.3) is 0 Å². The summed E-state index contributed by atoms with van der Waals surface area (Å²) in [5.74, 6) is -4.82. The molecular weight excluding hydrogens is 271 g/mol. The van der Waals surface area contributed by atoms with Gasteiger partial charge in [-0.05, 0) is 19.1 Å². The molecule has 0 aliphatic heterocycles. The fourth-order valence-electron chi connectivity index (χ4n) is 1.74. The highest BCUT2D eigenvalue weighted by molar-refractivity contribution is 5.95. The van der Waals surface area contributed by atoms with Gasteiger partial charge in [0.2, 0.25) is 0 Å². The average molecular weight is 281 g/mol. The van der Waals surface area contributed by atoms with Crippen molar-refractivity contribution in [3.63, 3.8) is 0 Å². The van der Waals surface area contributed by atoms with E-state index in [2.05, 4.69) is 5.32 Å². The molecule has 0 spiro atoms. The highest BCUT2D eigenvalue weighted by Gasteiger charge is 2.15. The number of rotatable bonds is 3. The Kier molecular flexibility index (Phi) is 3.65. The fraction of sp³-hybridized carbons (Fsp3) is 0.0714. The molecular formula is C14H10F3NO2. The Labute approximate surface area is 112 Å². The van der Waals surface area contributed by atoms with E-state index in [9.17, 15) is 18.0 Å². The van der Waals surface area contributed by atoms with Crippen LogP contribution < -0.4 is 5.32 Å². The van der Waals surface area contributed by atoms with Gasteiger partial charge >= 0.3 is 5.97 Å². The molecule has 0 unspecified atom stereocenters. The molecule has 2 rings (SSSR count). The van der Waals surface area contributed by atoms with Gasteiger partial charge in [0, 0.05) is 12.1 Å². The monoisotopic (exact) mass is 281 g/mol. The van der Waals surface area contributed by atoms with Gasteiger partial charge in [-0.2, -0.15) is 0 Å². The third-order valence-corrected chi connectivity index (χ3v) is 2.67. The zero-order valence-electron chi connectivity index (χ0n) is 10.4. The van der Waals surface area contributed by atoms with Crippen molar-refractivity contribution in [1.82, 2.24) is 0 Å². The second kappa shape index (κ2) is 5.24. The Morgan fingerprint density at radius 1 is 1.10 bits per heavy atom. The number of aryl methyl sites for hydroxylation is 1. The van der Waals surface area contributed by atoms with E-state index in [4.69, 9.17) is 5.11 Å². The summed E-state index contributed by atoms with van der Waals surface area (Å²) in [5.41, 5.74) is 0.161. The molecule has 0 atom stereocenters. The molecule has 0 radical (unpaired) electrons. The molecule has 0 bridgehead atoms. The SMILES string of the molecule is Cc1ccc(Nc2cc(F)cc(F)c2F)c(C(=O)O)c1. The van der Waals surface area contributed by atoms with Crippen molar-refractivity contribution in [2.24, 2.45) is 0 Å². The smallest absolute Gasteiger partial charge is 0.337 e. The van der Waals surface area contributed by atoms with Gasteiger partial charge < -0.3 is 10.4 Å². The molecule has 2 N–H and O–H groups in total. The molecule has 20 heavy (non-hydrogen) atoms. The molecule has 0 amide bonds. The van der Waals surface area contributed by atoms with Crippen molar-refractivity contribution < 1.29 is 23.1 Å². The van der Waals surface area contributed by atoms with Gasteiger partial charge in [0.15, 0.2) is 11.6 Å². The van der Waals surface area contributed by atoms with Crippen LogP contribution in [0.5, 0.6) is 0 Å².